The molecule has 0 bridgehead atoms. The minimum atomic E-state index is -0.623. The number of carbonyl (C=O) groups excluding carboxylic acids is 1. The van der Waals surface area contributed by atoms with Crippen LogP contribution in [0.3, 0.4) is 0 Å². The second kappa shape index (κ2) is 4.91. The lowest BCUT2D eigenvalue weighted by Gasteiger charge is -2.23. The molecule has 1 atom stereocenters. The molecule has 2 heterocycles. The van der Waals surface area contributed by atoms with Crippen LogP contribution in [0.4, 0.5) is 16.2 Å². The molecule has 92 valence electrons. The van der Waals surface area contributed by atoms with E-state index in [4.69, 9.17) is 5.84 Å². The first-order valence-corrected chi connectivity index (χ1v) is 5.24. The summed E-state index contributed by atoms with van der Waals surface area (Å²) in [5.41, 5.74) is 2.21. The molecule has 1 aliphatic rings. The number of piperidine rings is 1. The van der Waals surface area contributed by atoms with Gasteiger partial charge in [-0.05, 0) is 12.8 Å². The van der Waals surface area contributed by atoms with Crippen molar-refractivity contribution in [3.63, 3.8) is 0 Å². The van der Waals surface area contributed by atoms with Gasteiger partial charge in [-0.25, -0.2) is 15.2 Å². The molecule has 1 amide bonds. The molecule has 17 heavy (non-hydrogen) atoms. The highest BCUT2D eigenvalue weighted by Gasteiger charge is 2.23. The first-order valence-electron chi connectivity index (χ1n) is 5.24. The zero-order chi connectivity index (χ0) is 12.3. The number of carbonyl (C=O) groups is 1. The number of hydrogen-bond acceptors (Lipinski definition) is 6. The van der Waals surface area contributed by atoms with Gasteiger partial charge in [-0.15, -0.1) is 0 Å². The third-order valence-corrected chi connectivity index (χ3v) is 2.47. The van der Waals surface area contributed by atoms with E-state index < -0.39 is 11.9 Å². The standard InChI is InChI=1S/C9H13FN6O/c10-5-4-13-9(16-11)15-7(5)14-6-2-1-3-12-8(6)17/h4,6H,1-3,11H2,(H,12,17)(H2,13,14,15,16). The van der Waals surface area contributed by atoms with Gasteiger partial charge in [-0.3, -0.25) is 10.2 Å². The van der Waals surface area contributed by atoms with E-state index in [-0.39, 0.29) is 17.7 Å². The molecule has 1 aromatic rings. The van der Waals surface area contributed by atoms with Crippen LogP contribution >= 0.6 is 0 Å². The monoisotopic (exact) mass is 240 g/mol. The van der Waals surface area contributed by atoms with Gasteiger partial charge in [0, 0.05) is 6.54 Å². The molecule has 7 nitrogen and oxygen atoms in total. The SMILES string of the molecule is NNc1ncc(F)c(NC2CCCNC2=O)n1. The van der Waals surface area contributed by atoms with Crippen LogP contribution in [0.2, 0.25) is 0 Å². The molecule has 2 rings (SSSR count). The van der Waals surface area contributed by atoms with Crippen molar-refractivity contribution >= 4 is 17.7 Å². The molecule has 1 aliphatic heterocycles. The summed E-state index contributed by atoms with van der Waals surface area (Å²) in [5.74, 6) is 4.40. The van der Waals surface area contributed by atoms with E-state index in [2.05, 4.69) is 26.0 Å². The minimum absolute atomic E-state index is 0.0324. The van der Waals surface area contributed by atoms with Gasteiger partial charge in [0.2, 0.25) is 11.9 Å². The zero-order valence-corrected chi connectivity index (χ0v) is 9.03. The van der Waals surface area contributed by atoms with Crippen molar-refractivity contribution in [1.29, 1.82) is 0 Å². The van der Waals surface area contributed by atoms with Crippen LogP contribution in [0.25, 0.3) is 0 Å². The van der Waals surface area contributed by atoms with Crippen LogP contribution in [0.15, 0.2) is 6.20 Å². The van der Waals surface area contributed by atoms with Gasteiger partial charge in [0.05, 0.1) is 6.20 Å². The van der Waals surface area contributed by atoms with E-state index in [1.807, 2.05) is 0 Å². The second-order valence-electron chi connectivity index (χ2n) is 3.66. The van der Waals surface area contributed by atoms with E-state index in [0.29, 0.717) is 13.0 Å². The molecule has 0 radical (unpaired) electrons. The van der Waals surface area contributed by atoms with Crippen LogP contribution in [0.5, 0.6) is 0 Å². The zero-order valence-electron chi connectivity index (χ0n) is 9.03. The summed E-state index contributed by atoms with van der Waals surface area (Å²) in [4.78, 5) is 18.9. The number of nitrogens with one attached hydrogen (secondary N) is 3. The predicted molar refractivity (Wildman–Crippen MR) is 59.5 cm³/mol. The Bertz CT molecular complexity index is 426. The molecule has 1 aromatic heterocycles. The van der Waals surface area contributed by atoms with Crippen LogP contribution in [0.1, 0.15) is 12.8 Å². The van der Waals surface area contributed by atoms with E-state index in [9.17, 15) is 9.18 Å². The molecule has 8 heteroatoms. The molecule has 1 fully saturated rings. The average molecular weight is 240 g/mol. The summed E-state index contributed by atoms with van der Waals surface area (Å²) in [5, 5.41) is 5.43. The van der Waals surface area contributed by atoms with E-state index in [0.717, 1.165) is 12.6 Å². The Hall–Kier alpha value is -1.96. The maximum Gasteiger partial charge on any atom is 0.242 e. The molecule has 0 aliphatic carbocycles. The maximum absolute atomic E-state index is 13.4. The molecular formula is C9H13FN6O. The second-order valence-corrected chi connectivity index (χ2v) is 3.66. The first-order chi connectivity index (χ1) is 8.20. The number of halogens is 1. The molecule has 0 spiro atoms. The Morgan fingerprint density at radius 1 is 1.59 bits per heavy atom. The number of nitrogen functional groups attached to an aromatic ring is 1. The Balaban J connectivity index is 2.14. The van der Waals surface area contributed by atoms with Crippen LogP contribution < -0.4 is 21.9 Å². The van der Waals surface area contributed by atoms with Crippen molar-refractivity contribution in [2.75, 3.05) is 17.3 Å². The highest BCUT2D eigenvalue weighted by atomic mass is 19.1. The number of aromatic nitrogens is 2. The highest BCUT2D eigenvalue weighted by Crippen LogP contribution is 2.15. The van der Waals surface area contributed by atoms with Gasteiger partial charge in [-0.2, -0.15) is 4.98 Å². The Morgan fingerprint density at radius 2 is 2.41 bits per heavy atom. The Kier molecular flexibility index (Phi) is 3.33. The summed E-state index contributed by atoms with van der Waals surface area (Å²) >= 11 is 0. The van der Waals surface area contributed by atoms with Crippen LogP contribution in [-0.2, 0) is 4.79 Å². The highest BCUT2D eigenvalue weighted by molar-refractivity contribution is 5.85. The van der Waals surface area contributed by atoms with E-state index in [1.54, 1.807) is 0 Å². The number of nitrogens with zero attached hydrogens (tertiary/aromatic N) is 2. The van der Waals surface area contributed by atoms with Crippen molar-refractivity contribution in [2.24, 2.45) is 5.84 Å². The fourth-order valence-electron chi connectivity index (χ4n) is 1.61. The van der Waals surface area contributed by atoms with Gasteiger partial charge < -0.3 is 10.6 Å². The van der Waals surface area contributed by atoms with Crippen LogP contribution in [-0.4, -0.2) is 28.5 Å². The van der Waals surface area contributed by atoms with Gasteiger partial charge >= 0.3 is 0 Å². The number of nitrogens with two attached hydrogens (primary N) is 1. The van der Waals surface area contributed by atoms with Gasteiger partial charge in [0.15, 0.2) is 11.6 Å². The number of hydrogen-bond donors (Lipinski definition) is 4. The van der Waals surface area contributed by atoms with E-state index in [1.165, 1.54) is 0 Å². The van der Waals surface area contributed by atoms with Gasteiger partial charge in [-0.1, -0.05) is 0 Å². The number of rotatable bonds is 3. The summed E-state index contributed by atoms with van der Waals surface area (Å²) in [6, 6.07) is -0.473. The number of amides is 1. The van der Waals surface area contributed by atoms with Crippen molar-refractivity contribution in [2.45, 2.75) is 18.9 Å². The third kappa shape index (κ3) is 2.59. The maximum atomic E-state index is 13.4. The smallest absolute Gasteiger partial charge is 0.242 e. The van der Waals surface area contributed by atoms with Crippen molar-refractivity contribution < 1.29 is 9.18 Å². The minimum Gasteiger partial charge on any atom is -0.356 e. The average Bonchev–Trinajstić information content (AvgIpc) is 2.35. The normalized spacial score (nSPS) is 19.6. The predicted octanol–water partition coefficient (Wildman–Crippen LogP) is -0.408. The molecular weight excluding hydrogens is 227 g/mol. The summed E-state index contributed by atoms with van der Waals surface area (Å²) in [7, 11) is 0. The summed E-state index contributed by atoms with van der Waals surface area (Å²) in [6.45, 7) is 0.652. The molecule has 0 aromatic carbocycles. The fourth-order valence-corrected chi connectivity index (χ4v) is 1.61. The lowest BCUT2D eigenvalue weighted by atomic mass is 10.1. The van der Waals surface area contributed by atoms with Crippen molar-refractivity contribution in [1.82, 2.24) is 15.3 Å². The summed E-state index contributed by atoms with van der Waals surface area (Å²) in [6.07, 6.45) is 2.48. The topological polar surface area (TPSA) is 105 Å². The quantitative estimate of drug-likeness (QED) is 0.423. The largest absolute Gasteiger partial charge is 0.356 e. The molecule has 0 saturated carbocycles. The number of hydrazine groups is 1. The lowest BCUT2D eigenvalue weighted by molar-refractivity contribution is -0.123. The lowest BCUT2D eigenvalue weighted by Crippen LogP contribution is -2.44. The fraction of sp³-hybridized carbons (Fsp3) is 0.444. The van der Waals surface area contributed by atoms with Crippen molar-refractivity contribution in [3.8, 4) is 0 Å². The van der Waals surface area contributed by atoms with Gasteiger partial charge in [0.25, 0.3) is 0 Å². The first kappa shape index (κ1) is 11.5. The number of anilines is 2. The molecule has 5 N–H and O–H groups in total. The molecule has 1 saturated heterocycles. The Morgan fingerprint density at radius 3 is 3.12 bits per heavy atom. The third-order valence-electron chi connectivity index (χ3n) is 2.47. The van der Waals surface area contributed by atoms with E-state index >= 15 is 0 Å². The summed E-state index contributed by atoms with van der Waals surface area (Å²) < 4.78 is 13.4. The van der Waals surface area contributed by atoms with Crippen molar-refractivity contribution in [3.05, 3.63) is 12.0 Å². The molecule has 1 unspecified atom stereocenters. The van der Waals surface area contributed by atoms with Gasteiger partial charge in [0.1, 0.15) is 6.04 Å². The Labute approximate surface area is 97.0 Å². The van der Waals surface area contributed by atoms with Crippen LogP contribution in [0, 0.1) is 5.82 Å².